The number of hydrogen-bond donors (Lipinski definition) is 1. The molecule has 0 unspecified atom stereocenters. The SMILES string of the molecule is COc1cc(C=Nc2ccc3oc(-c4ccc(Cl)c(Cl)c4)nc3c2)c(Br)c(Br)c1O. The second-order valence-electron chi connectivity index (χ2n) is 6.20. The number of aromatic nitrogens is 1. The van der Waals surface area contributed by atoms with E-state index >= 15 is 0 Å². The van der Waals surface area contributed by atoms with Gasteiger partial charge in [-0.2, -0.15) is 0 Å². The van der Waals surface area contributed by atoms with Crippen LogP contribution in [-0.2, 0) is 0 Å². The van der Waals surface area contributed by atoms with Crippen molar-refractivity contribution in [2.75, 3.05) is 7.11 Å². The summed E-state index contributed by atoms with van der Waals surface area (Å²) in [5.41, 5.74) is 3.44. The molecule has 0 saturated heterocycles. The van der Waals surface area contributed by atoms with E-state index in [-0.39, 0.29) is 5.75 Å². The summed E-state index contributed by atoms with van der Waals surface area (Å²) < 4.78 is 12.2. The molecule has 152 valence electrons. The minimum absolute atomic E-state index is 0.0142. The van der Waals surface area contributed by atoms with Crippen molar-refractivity contribution in [1.82, 2.24) is 4.98 Å². The Balaban J connectivity index is 1.68. The summed E-state index contributed by atoms with van der Waals surface area (Å²) in [7, 11) is 1.49. The van der Waals surface area contributed by atoms with Crippen molar-refractivity contribution < 1.29 is 14.3 Å². The first-order valence-corrected chi connectivity index (χ1v) is 10.9. The smallest absolute Gasteiger partial charge is 0.227 e. The maximum atomic E-state index is 10.1. The van der Waals surface area contributed by atoms with Crippen LogP contribution in [0.5, 0.6) is 11.5 Å². The molecule has 0 amide bonds. The highest BCUT2D eigenvalue weighted by Gasteiger charge is 2.14. The van der Waals surface area contributed by atoms with Crippen LogP contribution in [0.15, 0.2) is 60.8 Å². The van der Waals surface area contributed by atoms with Crippen molar-refractivity contribution in [3.8, 4) is 23.0 Å². The lowest BCUT2D eigenvalue weighted by molar-refractivity contribution is 0.371. The Morgan fingerprint density at radius 2 is 1.87 bits per heavy atom. The van der Waals surface area contributed by atoms with Gasteiger partial charge in [0.2, 0.25) is 5.89 Å². The lowest BCUT2D eigenvalue weighted by atomic mass is 10.2. The predicted octanol–water partition coefficient (Wildman–Crippen LogP) is 7.79. The zero-order valence-corrected chi connectivity index (χ0v) is 20.0. The average molecular weight is 571 g/mol. The van der Waals surface area contributed by atoms with Crippen molar-refractivity contribution in [2.24, 2.45) is 4.99 Å². The standard InChI is InChI=1S/C21H12Br2Cl2N2O3/c1-29-17-7-11(18(22)19(23)20(17)28)9-26-12-3-5-16-15(8-12)27-21(30-16)10-2-4-13(24)14(25)6-10/h2-9,28H,1H3. The summed E-state index contributed by atoms with van der Waals surface area (Å²) in [6.07, 6.45) is 1.66. The fraction of sp³-hybridized carbons (Fsp3) is 0.0476. The maximum absolute atomic E-state index is 10.1. The molecule has 5 nitrogen and oxygen atoms in total. The number of nitrogens with zero attached hydrogens (tertiary/aromatic N) is 2. The molecule has 0 aliphatic carbocycles. The van der Waals surface area contributed by atoms with Gasteiger partial charge in [-0.25, -0.2) is 4.98 Å². The van der Waals surface area contributed by atoms with Gasteiger partial charge in [-0.3, -0.25) is 4.99 Å². The normalized spacial score (nSPS) is 11.5. The van der Waals surface area contributed by atoms with Gasteiger partial charge in [0.1, 0.15) is 5.52 Å². The number of oxazole rings is 1. The van der Waals surface area contributed by atoms with Crippen LogP contribution in [0.25, 0.3) is 22.6 Å². The zero-order valence-electron chi connectivity index (χ0n) is 15.3. The monoisotopic (exact) mass is 568 g/mol. The van der Waals surface area contributed by atoms with Crippen LogP contribution < -0.4 is 4.74 Å². The highest BCUT2D eigenvalue weighted by molar-refractivity contribution is 9.13. The summed E-state index contributed by atoms with van der Waals surface area (Å²) >= 11 is 18.8. The van der Waals surface area contributed by atoms with E-state index in [1.54, 1.807) is 36.5 Å². The van der Waals surface area contributed by atoms with Crippen LogP contribution in [0.1, 0.15) is 5.56 Å². The van der Waals surface area contributed by atoms with E-state index < -0.39 is 0 Å². The number of ether oxygens (including phenoxy) is 1. The molecule has 1 aromatic heterocycles. The Morgan fingerprint density at radius 1 is 1.07 bits per heavy atom. The largest absolute Gasteiger partial charge is 0.503 e. The molecule has 9 heteroatoms. The van der Waals surface area contributed by atoms with Gasteiger partial charge in [0.25, 0.3) is 0 Å². The molecule has 4 rings (SSSR count). The number of halogens is 4. The van der Waals surface area contributed by atoms with E-state index in [1.807, 2.05) is 12.1 Å². The maximum Gasteiger partial charge on any atom is 0.227 e. The van der Waals surface area contributed by atoms with Crippen LogP contribution in [0.3, 0.4) is 0 Å². The molecule has 0 radical (unpaired) electrons. The highest BCUT2D eigenvalue weighted by Crippen LogP contribution is 2.41. The molecule has 30 heavy (non-hydrogen) atoms. The number of fused-ring (bicyclic) bond motifs is 1. The molecule has 0 bridgehead atoms. The molecule has 4 aromatic rings. The second kappa shape index (κ2) is 8.59. The fourth-order valence-electron chi connectivity index (χ4n) is 2.75. The van der Waals surface area contributed by atoms with Gasteiger partial charge in [0.05, 0.1) is 27.3 Å². The van der Waals surface area contributed by atoms with E-state index in [1.165, 1.54) is 7.11 Å². The van der Waals surface area contributed by atoms with Gasteiger partial charge in [-0.05, 0) is 74.3 Å². The third kappa shape index (κ3) is 4.07. The fourth-order valence-corrected chi connectivity index (χ4v) is 3.88. The van der Waals surface area contributed by atoms with E-state index in [0.717, 1.165) is 11.1 Å². The van der Waals surface area contributed by atoms with Gasteiger partial charge >= 0.3 is 0 Å². The van der Waals surface area contributed by atoms with Crippen LogP contribution >= 0.6 is 55.1 Å². The summed E-state index contributed by atoms with van der Waals surface area (Å²) in [5.74, 6) is 0.796. The number of phenols is 1. The summed E-state index contributed by atoms with van der Waals surface area (Å²) in [6.45, 7) is 0. The van der Waals surface area contributed by atoms with Gasteiger partial charge in [0.15, 0.2) is 17.1 Å². The second-order valence-corrected chi connectivity index (χ2v) is 8.60. The molecule has 0 aliphatic heterocycles. The molecule has 0 saturated carbocycles. The van der Waals surface area contributed by atoms with Crippen LogP contribution in [0, 0.1) is 0 Å². The number of rotatable bonds is 4. The molecule has 0 atom stereocenters. The van der Waals surface area contributed by atoms with Crippen LogP contribution in [0.2, 0.25) is 10.0 Å². The quantitative estimate of drug-likeness (QED) is 0.254. The number of methoxy groups -OCH3 is 1. The molecule has 0 spiro atoms. The number of aromatic hydroxyl groups is 1. The van der Waals surface area contributed by atoms with Crippen molar-refractivity contribution in [3.63, 3.8) is 0 Å². The van der Waals surface area contributed by atoms with Gasteiger partial charge < -0.3 is 14.3 Å². The van der Waals surface area contributed by atoms with Crippen molar-refractivity contribution in [3.05, 3.63) is 67.0 Å². The number of hydrogen-bond acceptors (Lipinski definition) is 5. The van der Waals surface area contributed by atoms with Crippen molar-refractivity contribution in [2.45, 2.75) is 0 Å². The lowest BCUT2D eigenvalue weighted by Crippen LogP contribution is -1.91. The molecule has 0 fully saturated rings. The highest BCUT2D eigenvalue weighted by atomic mass is 79.9. The Bertz CT molecular complexity index is 1310. The Hall–Kier alpha value is -2.06. The zero-order chi connectivity index (χ0) is 21.4. The minimum atomic E-state index is 0.0142. The first-order chi connectivity index (χ1) is 14.4. The van der Waals surface area contributed by atoms with Gasteiger partial charge in [0, 0.05) is 21.8 Å². The number of aliphatic imine (C=N–C) groups is 1. The van der Waals surface area contributed by atoms with E-state index in [4.69, 9.17) is 32.4 Å². The summed E-state index contributed by atoms with van der Waals surface area (Å²) in [5, 5.41) is 11.0. The van der Waals surface area contributed by atoms with E-state index in [9.17, 15) is 5.11 Å². The Morgan fingerprint density at radius 3 is 2.60 bits per heavy atom. The van der Waals surface area contributed by atoms with Crippen LogP contribution in [-0.4, -0.2) is 23.4 Å². The van der Waals surface area contributed by atoms with E-state index in [2.05, 4.69) is 41.8 Å². The van der Waals surface area contributed by atoms with Crippen molar-refractivity contribution >= 4 is 78.1 Å². The summed E-state index contributed by atoms with van der Waals surface area (Å²) in [6, 6.07) is 12.3. The Labute approximate surface area is 198 Å². The van der Waals surface area contributed by atoms with E-state index in [0.29, 0.717) is 47.4 Å². The minimum Gasteiger partial charge on any atom is -0.503 e. The number of phenolic OH excluding ortho intramolecular Hbond substituents is 1. The first-order valence-electron chi connectivity index (χ1n) is 8.52. The lowest BCUT2D eigenvalue weighted by Gasteiger charge is -2.09. The summed E-state index contributed by atoms with van der Waals surface area (Å²) in [4.78, 5) is 9.04. The van der Waals surface area contributed by atoms with Gasteiger partial charge in [-0.1, -0.05) is 23.2 Å². The first kappa shape index (κ1) is 21.2. The molecule has 3 aromatic carbocycles. The van der Waals surface area contributed by atoms with Crippen LogP contribution in [0.4, 0.5) is 5.69 Å². The number of benzene rings is 3. The molecule has 1 N–H and O–H groups in total. The molecular weight excluding hydrogens is 559 g/mol. The predicted molar refractivity (Wildman–Crippen MR) is 127 cm³/mol. The topological polar surface area (TPSA) is 67.9 Å². The third-order valence-electron chi connectivity index (χ3n) is 4.28. The molecule has 1 heterocycles. The Kier molecular flexibility index (Phi) is 6.06. The molecule has 0 aliphatic rings. The van der Waals surface area contributed by atoms with Gasteiger partial charge in [-0.15, -0.1) is 0 Å². The van der Waals surface area contributed by atoms with Crippen molar-refractivity contribution in [1.29, 1.82) is 0 Å². The third-order valence-corrected chi connectivity index (χ3v) is 7.18. The molecular formula is C21H12Br2Cl2N2O3. The average Bonchev–Trinajstić information content (AvgIpc) is 3.17.